The number of aliphatic hydroxyl groups excluding tert-OH is 1. The van der Waals surface area contributed by atoms with Gasteiger partial charge in [-0.05, 0) is 82.2 Å². The van der Waals surface area contributed by atoms with Crippen molar-refractivity contribution >= 4 is 47.0 Å². The predicted molar refractivity (Wildman–Crippen MR) is 155 cm³/mol. The zero-order valence-corrected chi connectivity index (χ0v) is 24.5. The van der Waals surface area contributed by atoms with E-state index in [0.29, 0.717) is 18.4 Å². The van der Waals surface area contributed by atoms with E-state index in [1.54, 1.807) is 0 Å². The van der Waals surface area contributed by atoms with Crippen molar-refractivity contribution in [2.45, 2.75) is 77.6 Å². The molecule has 2 aliphatic heterocycles. The van der Waals surface area contributed by atoms with E-state index in [1.165, 1.54) is 0 Å². The number of carbonyl (C=O) groups is 1. The summed E-state index contributed by atoms with van der Waals surface area (Å²) in [4.78, 5) is 25.8. The van der Waals surface area contributed by atoms with Crippen molar-refractivity contribution in [1.82, 2.24) is 24.6 Å². The summed E-state index contributed by atoms with van der Waals surface area (Å²) in [5.41, 5.74) is 4.70. The predicted octanol–water partition coefficient (Wildman–Crippen LogP) is 4.64. The number of aliphatic carboxylic acids is 1. The van der Waals surface area contributed by atoms with Gasteiger partial charge in [-0.3, -0.25) is 4.90 Å². The van der Waals surface area contributed by atoms with Gasteiger partial charge in [0.1, 0.15) is 11.3 Å². The molecule has 212 valence electrons. The first-order chi connectivity index (χ1) is 18.1. The third-order valence-corrected chi connectivity index (χ3v) is 8.66. The molecule has 0 aliphatic carbocycles. The van der Waals surface area contributed by atoms with E-state index in [-0.39, 0.29) is 24.5 Å². The van der Waals surface area contributed by atoms with Gasteiger partial charge in [0.2, 0.25) is 0 Å². The van der Waals surface area contributed by atoms with E-state index >= 15 is 0 Å². The molecule has 2 fully saturated rings. The van der Waals surface area contributed by atoms with E-state index in [4.69, 9.17) is 26.7 Å². The minimum absolute atomic E-state index is 0. The van der Waals surface area contributed by atoms with Crippen molar-refractivity contribution in [3.8, 4) is 0 Å². The van der Waals surface area contributed by atoms with Crippen LogP contribution >= 0.6 is 24.0 Å². The van der Waals surface area contributed by atoms with Gasteiger partial charge >= 0.3 is 5.97 Å². The monoisotopic (exact) mass is 576 g/mol. The van der Waals surface area contributed by atoms with Gasteiger partial charge < -0.3 is 15.1 Å². The molecule has 5 unspecified atom stereocenters. The van der Waals surface area contributed by atoms with E-state index in [9.17, 15) is 15.0 Å². The first-order valence-electron chi connectivity index (χ1n) is 13.5. The van der Waals surface area contributed by atoms with Gasteiger partial charge in [-0.1, -0.05) is 24.6 Å². The fourth-order valence-corrected chi connectivity index (χ4v) is 6.67. The standard InChI is InChI=1S/C28H37ClN6O3.ClH/c1-16-12-20(29)7-8-22(16)19(4)35-27-26(18(3)32-35)30-14-25(31-27)33-11-9-23(17(2)15-33)34-10-5-6-21(34)13-24(36)28(37)38;/h7-8,12,14,17,19,21,23-24,36H,5-6,9-11,13,15H2,1-4H3,(H,37,38);1H. The van der Waals surface area contributed by atoms with Crippen LogP contribution in [0.1, 0.15) is 62.4 Å². The summed E-state index contributed by atoms with van der Waals surface area (Å²) in [6, 6.07) is 6.39. The van der Waals surface area contributed by atoms with E-state index in [1.807, 2.05) is 29.9 Å². The van der Waals surface area contributed by atoms with Crippen molar-refractivity contribution in [3.63, 3.8) is 0 Å². The Morgan fingerprint density at radius 1 is 1.23 bits per heavy atom. The van der Waals surface area contributed by atoms with Gasteiger partial charge in [0.25, 0.3) is 0 Å². The summed E-state index contributed by atoms with van der Waals surface area (Å²) < 4.78 is 1.97. The molecule has 9 nitrogen and oxygen atoms in total. The minimum Gasteiger partial charge on any atom is -0.479 e. The maximum atomic E-state index is 11.2. The second-order valence-corrected chi connectivity index (χ2v) is 11.4. The third kappa shape index (κ3) is 5.87. The number of aryl methyl sites for hydroxylation is 2. The molecule has 3 aromatic rings. The molecule has 2 aromatic heterocycles. The first kappa shape index (κ1) is 29.5. The van der Waals surface area contributed by atoms with Crippen LogP contribution in [0.5, 0.6) is 0 Å². The van der Waals surface area contributed by atoms with Gasteiger partial charge in [0.15, 0.2) is 11.8 Å². The molecular weight excluding hydrogens is 539 g/mol. The van der Waals surface area contributed by atoms with Gasteiger partial charge in [-0.15, -0.1) is 12.4 Å². The maximum Gasteiger partial charge on any atom is 0.332 e. The highest BCUT2D eigenvalue weighted by molar-refractivity contribution is 6.30. The fraction of sp³-hybridized carbons (Fsp3) is 0.571. The zero-order chi connectivity index (χ0) is 27.1. The lowest BCUT2D eigenvalue weighted by atomic mass is 9.91. The summed E-state index contributed by atoms with van der Waals surface area (Å²) in [6.45, 7) is 11.1. The number of rotatable bonds is 7. The summed E-state index contributed by atoms with van der Waals surface area (Å²) in [6.07, 6.45) is 3.78. The average molecular weight is 578 g/mol. The van der Waals surface area contributed by atoms with Crippen LogP contribution in [0.3, 0.4) is 0 Å². The molecular formula is C28H38Cl2N6O3. The number of hydrogen-bond acceptors (Lipinski definition) is 7. The van der Waals surface area contributed by atoms with Crippen molar-refractivity contribution < 1.29 is 15.0 Å². The molecule has 5 atom stereocenters. The van der Waals surface area contributed by atoms with Gasteiger partial charge in [-0.2, -0.15) is 5.10 Å². The zero-order valence-electron chi connectivity index (χ0n) is 22.9. The summed E-state index contributed by atoms with van der Waals surface area (Å²) in [5.74, 6) is 0.0815. The lowest BCUT2D eigenvalue weighted by Crippen LogP contribution is -2.52. The molecule has 2 saturated heterocycles. The number of fused-ring (bicyclic) bond motifs is 1. The summed E-state index contributed by atoms with van der Waals surface area (Å²) in [5, 5.41) is 24.6. The maximum absolute atomic E-state index is 11.2. The highest BCUT2D eigenvalue weighted by Crippen LogP contribution is 2.33. The number of halogens is 2. The number of benzene rings is 1. The van der Waals surface area contributed by atoms with Crippen LogP contribution in [-0.4, -0.2) is 78.7 Å². The Labute approximate surface area is 240 Å². The van der Waals surface area contributed by atoms with Crippen LogP contribution in [-0.2, 0) is 4.79 Å². The lowest BCUT2D eigenvalue weighted by Gasteiger charge is -2.44. The van der Waals surface area contributed by atoms with Crippen molar-refractivity contribution in [3.05, 3.63) is 46.2 Å². The van der Waals surface area contributed by atoms with Crippen LogP contribution < -0.4 is 4.90 Å². The number of likely N-dealkylation sites (tertiary alicyclic amines) is 1. The van der Waals surface area contributed by atoms with Crippen LogP contribution in [0.2, 0.25) is 5.02 Å². The Morgan fingerprint density at radius 3 is 2.69 bits per heavy atom. The van der Waals surface area contributed by atoms with Crippen LogP contribution in [0.4, 0.5) is 5.82 Å². The largest absolute Gasteiger partial charge is 0.479 e. The van der Waals surface area contributed by atoms with Crippen LogP contribution in [0.25, 0.3) is 11.2 Å². The normalized spacial score (nSPS) is 23.5. The summed E-state index contributed by atoms with van der Waals surface area (Å²) >= 11 is 6.19. The lowest BCUT2D eigenvalue weighted by molar-refractivity contribution is -0.147. The van der Waals surface area contributed by atoms with Crippen molar-refractivity contribution in [2.24, 2.45) is 5.92 Å². The second-order valence-electron chi connectivity index (χ2n) is 11.0. The molecule has 0 radical (unpaired) electrons. The van der Waals surface area contributed by atoms with E-state index in [2.05, 4.69) is 36.6 Å². The van der Waals surface area contributed by atoms with E-state index < -0.39 is 12.1 Å². The molecule has 0 spiro atoms. The number of piperidine rings is 1. The molecule has 39 heavy (non-hydrogen) atoms. The minimum atomic E-state index is -1.30. The number of aromatic nitrogens is 4. The number of anilines is 1. The SMILES string of the molecule is Cc1cc(Cl)ccc1C(C)n1nc(C)c2ncc(N3CCC(N4CCCC4CC(O)C(=O)O)C(C)C3)nc21.Cl. The number of carboxylic acids is 1. The molecule has 0 saturated carbocycles. The average Bonchev–Trinajstić information content (AvgIpc) is 3.47. The second kappa shape index (κ2) is 12.0. The van der Waals surface area contributed by atoms with Crippen molar-refractivity contribution in [2.75, 3.05) is 24.5 Å². The van der Waals surface area contributed by atoms with Gasteiger partial charge in [0.05, 0.1) is 17.9 Å². The molecule has 0 amide bonds. The Bertz CT molecular complexity index is 1330. The Morgan fingerprint density at radius 2 is 2.00 bits per heavy atom. The quantitative estimate of drug-likeness (QED) is 0.418. The molecule has 5 rings (SSSR count). The molecule has 1 aromatic carbocycles. The number of carboxylic acid groups (broad SMARTS) is 1. The van der Waals surface area contributed by atoms with Crippen LogP contribution in [0, 0.1) is 19.8 Å². The Hall–Kier alpha value is -2.46. The summed E-state index contributed by atoms with van der Waals surface area (Å²) in [7, 11) is 0. The number of hydrogen-bond donors (Lipinski definition) is 2. The smallest absolute Gasteiger partial charge is 0.332 e. The highest BCUT2D eigenvalue weighted by atomic mass is 35.5. The van der Waals surface area contributed by atoms with Crippen molar-refractivity contribution in [1.29, 1.82) is 0 Å². The molecule has 4 heterocycles. The molecule has 0 bridgehead atoms. The third-order valence-electron chi connectivity index (χ3n) is 8.42. The van der Waals surface area contributed by atoms with Gasteiger partial charge in [-0.25, -0.2) is 19.4 Å². The first-order valence-corrected chi connectivity index (χ1v) is 13.9. The Kier molecular flexibility index (Phi) is 9.05. The molecule has 2 N–H and O–H groups in total. The number of aliphatic hydroxyl groups is 1. The fourth-order valence-electron chi connectivity index (χ4n) is 6.44. The highest BCUT2D eigenvalue weighted by Gasteiger charge is 2.38. The Balaban J connectivity index is 0.00000353. The number of nitrogens with zero attached hydrogens (tertiary/aromatic N) is 6. The van der Waals surface area contributed by atoms with E-state index in [0.717, 1.165) is 77.7 Å². The van der Waals surface area contributed by atoms with Crippen LogP contribution in [0.15, 0.2) is 24.4 Å². The molecule has 2 aliphatic rings. The molecule has 11 heteroatoms. The van der Waals surface area contributed by atoms with Gasteiger partial charge in [0, 0.05) is 30.2 Å². The topological polar surface area (TPSA) is 108 Å².